The summed E-state index contributed by atoms with van der Waals surface area (Å²) >= 11 is 0. The minimum atomic E-state index is -0.199. The number of aromatic amines is 1. The number of ether oxygens (including phenoxy) is 1. The van der Waals surface area contributed by atoms with E-state index >= 15 is 0 Å². The van der Waals surface area contributed by atoms with Crippen LogP contribution in [0.3, 0.4) is 0 Å². The topological polar surface area (TPSA) is 96.1 Å². The molecule has 0 bridgehead atoms. The van der Waals surface area contributed by atoms with E-state index < -0.39 is 0 Å². The number of amides is 2. The second kappa shape index (κ2) is 7.69. The molecule has 0 aliphatic heterocycles. The first-order chi connectivity index (χ1) is 12.5. The summed E-state index contributed by atoms with van der Waals surface area (Å²) in [5.74, 6) is 1.18. The van der Waals surface area contributed by atoms with Crippen LogP contribution in [-0.2, 0) is 11.2 Å². The van der Waals surface area contributed by atoms with Crippen molar-refractivity contribution in [2.75, 3.05) is 19.0 Å². The summed E-state index contributed by atoms with van der Waals surface area (Å²) in [5, 5.41) is 5.52. The highest BCUT2D eigenvalue weighted by Gasteiger charge is 2.08. The van der Waals surface area contributed by atoms with Gasteiger partial charge in [-0.1, -0.05) is 6.07 Å². The number of aromatic nitrogens is 2. The van der Waals surface area contributed by atoms with E-state index in [4.69, 9.17) is 4.74 Å². The zero-order valence-corrected chi connectivity index (χ0v) is 14.6. The fourth-order valence-corrected chi connectivity index (χ4v) is 2.62. The minimum Gasteiger partial charge on any atom is -0.497 e. The van der Waals surface area contributed by atoms with E-state index in [1.807, 2.05) is 18.2 Å². The van der Waals surface area contributed by atoms with Gasteiger partial charge in [-0.3, -0.25) is 9.59 Å². The molecule has 0 fully saturated rings. The number of fused-ring (bicyclic) bond motifs is 1. The van der Waals surface area contributed by atoms with E-state index in [0.29, 0.717) is 24.2 Å². The van der Waals surface area contributed by atoms with Gasteiger partial charge in [0.2, 0.25) is 5.91 Å². The average Bonchev–Trinajstić information content (AvgIpc) is 3.03. The van der Waals surface area contributed by atoms with E-state index in [1.165, 1.54) is 6.92 Å². The number of hydrogen-bond acceptors (Lipinski definition) is 4. The number of H-pyrrole nitrogens is 1. The van der Waals surface area contributed by atoms with Crippen LogP contribution in [0.15, 0.2) is 42.5 Å². The molecule has 0 unspecified atom stereocenters. The van der Waals surface area contributed by atoms with Crippen LogP contribution in [0.4, 0.5) is 5.69 Å². The number of hydrogen-bond donors (Lipinski definition) is 3. The van der Waals surface area contributed by atoms with Crippen LogP contribution in [0.25, 0.3) is 11.0 Å². The van der Waals surface area contributed by atoms with Gasteiger partial charge in [-0.2, -0.15) is 0 Å². The number of anilines is 1. The molecule has 2 amide bonds. The lowest BCUT2D eigenvalue weighted by molar-refractivity contribution is -0.114. The van der Waals surface area contributed by atoms with E-state index in [0.717, 1.165) is 22.6 Å². The molecule has 2 aromatic carbocycles. The van der Waals surface area contributed by atoms with Crippen LogP contribution >= 0.6 is 0 Å². The van der Waals surface area contributed by atoms with Crippen molar-refractivity contribution in [3.63, 3.8) is 0 Å². The first-order valence-electron chi connectivity index (χ1n) is 8.23. The SMILES string of the molecule is COc1ccc2nc(CCNC(=O)c3cccc(NC(C)=O)c3)[nH]c2c1. The molecule has 134 valence electrons. The molecule has 0 radical (unpaired) electrons. The van der Waals surface area contributed by atoms with E-state index in [1.54, 1.807) is 31.4 Å². The number of carbonyl (C=O) groups is 2. The maximum Gasteiger partial charge on any atom is 0.251 e. The molecular weight excluding hydrogens is 332 g/mol. The van der Waals surface area contributed by atoms with Crippen molar-refractivity contribution < 1.29 is 14.3 Å². The van der Waals surface area contributed by atoms with Crippen molar-refractivity contribution in [1.82, 2.24) is 15.3 Å². The van der Waals surface area contributed by atoms with Gasteiger partial charge in [-0.25, -0.2) is 4.98 Å². The molecule has 0 aliphatic rings. The number of methoxy groups -OCH3 is 1. The van der Waals surface area contributed by atoms with Crippen molar-refractivity contribution in [2.24, 2.45) is 0 Å². The molecular formula is C19H20N4O3. The fraction of sp³-hybridized carbons (Fsp3) is 0.211. The lowest BCUT2D eigenvalue weighted by Crippen LogP contribution is -2.26. The Hall–Kier alpha value is -3.35. The van der Waals surface area contributed by atoms with Crippen LogP contribution in [0.5, 0.6) is 5.75 Å². The molecule has 0 saturated carbocycles. The summed E-state index contributed by atoms with van der Waals surface area (Å²) < 4.78 is 5.20. The quantitative estimate of drug-likeness (QED) is 0.635. The standard InChI is InChI=1S/C19H20N4O3/c1-12(24)21-14-5-3-4-13(10-14)19(25)20-9-8-18-22-16-7-6-15(26-2)11-17(16)23-18/h3-7,10-11H,8-9H2,1-2H3,(H,20,25)(H,21,24)(H,22,23). The van der Waals surface area contributed by atoms with Gasteiger partial charge in [0.25, 0.3) is 5.91 Å². The molecule has 3 aromatic rings. The molecule has 3 rings (SSSR count). The highest BCUT2D eigenvalue weighted by atomic mass is 16.5. The van der Waals surface area contributed by atoms with Crippen LogP contribution in [0.1, 0.15) is 23.1 Å². The van der Waals surface area contributed by atoms with Gasteiger partial charge in [0.15, 0.2) is 0 Å². The van der Waals surface area contributed by atoms with Crippen molar-refractivity contribution in [1.29, 1.82) is 0 Å². The Labute approximate surface area is 150 Å². The highest BCUT2D eigenvalue weighted by Crippen LogP contribution is 2.18. The summed E-state index contributed by atoms with van der Waals surface area (Å²) in [4.78, 5) is 31.1. The van der Waals surface area contributed by atoms with Crippen LogP contribution in [-0.4, -0.2) is 35.4 Å². The molecule has 7 heteroatoms. The summed E-state index contributed by atoms with van der Waals surface area (Å²) in [6, 6.07) is 12.4. The van der Waals surface area contributed by atoms with Gasteiger partial charge in [-0.15, -0.1) is 0 Å². The summed E-state index contributed by atoms with van der Waals surface area (Å²) in [5.41, 5.74) is 2.84. The van der Waals surface area contributed by atoms with Crippen LogP contribution < -0.4 is 15.4 Å². The Balaban J connectivity index is 1.59. The molecule has 0 saturated heterocycles. The molecule has 26 heavy (non-hydrogen) atoms. The zero-order valence-electron chi connectivity index (χ0n) is 14.6. The fourth-order valence-electron chi connectivity index (χ4n) is 2.62. The van der Waals surface area contributed by atoms with Gasteiger partial charge in [-0.05, 0) is 30.3 Å². The Morgan fingerprint density at radius 3 is 2.81 bits per heavy atom. The van der Waals surface area contributed by atoms with Gasteiger partial charge >= 0.3 is 0 Å². The first kappa shape index (κ1) is 17.5. The van der Waals surface area contributed by atoms with Gasteiger partial charge in [0.05, 0.1) is 18.1 Å². The number of nitrogens with zero attached hydrogens (tertiary/aromatic N) is 1. The maximum absolute atomic E-state index is 12.3. The van der Waals surface area contributed by atoms with Gasteiger partial charge in [0, 0.05) is 37.2 Å². The van der Waals surface area contributed by atoms with Crippen molar-refractivity contribution >= 4 is 28.5 Å². The predicted octanol–water partition coefficient (Wildman–Crippen LogP) is 2.50. The normalized spacial score (nSPS) is 10.5. The summed E-state index contributed by atoms with van der Waals surface area (Å²) in [6.45, 7) is 1.87. The smallest absolute Gasteiger partial charge is 0.251 e. The van der Waals surface area contributed by atoms with E-state index in [9.17, 15) is 9.59 Å². The second-order valence-corrected chi connectivity index (χ2v) is 5.83. The highest BCUT2D eigenvalue weighted by molar-refractivity contribution is 5.96. The third kappa shape index (κ3) is 4.18. The molecule has 0 atom stereocenters. The molecule has 3 N–H and O–H groups in total. The largest absolute Gasteiger partial charge is 0.497 e. The lowest BCUT2D eigenvalue weighted by Gasteiger charge is -2.06. The number of carbonyl (C=O) groups excluding carboxylic acids is 2. The van der Waals surface area contributed by atoms with Gasteiger partial charge in [0.1, 0.15) is 11.6 Å². The summed E-state index contributed by atoms with van der Waals surface area (Å²) in [7, 11) is 1.62. The monoisotopic (exact) mass is 352 g/mol. The Morgan fingerprint density at radius 1 is 1.19 bits per heavy atom. The Morgan fingerprint density at radius 2 is 2.04 bits per heavy atom. The maximum atomic E-state index is 12.3. The third-order valence-corrected chi connectivity index (χ3v) is 3.83. The lowest BCUT2D eigenvalue weighted by atomic mass is 10.2. The number of benzene rings is 2. The Bertz CT molecular complexity index is 949. The molecule has 1 aromatic heterocycles. The van der Waals surface area contributed by atoms with E-state index in [-0.39, 0.29) is 11.8 Å². The molecule has 0 aliphatic carbocycles. The van der Waals surface area contributed by atoms with Crippen molar-refractivity contribution in [3.8, 4) is 5.75 Å². The second-order valence-electron chi connectivity index (χ2n) is 5.83. The molecule has 7 nitrogen and oxygen atoms in total. The third-order valence-electron chi connectivity index (χ3n) is 3.83. The summed E-state index contributed by atoms with van der Waals surface area (Å²) in [6.07, 6.45) is 0.578. The van der Waals surface area contributed by atoms with Crippen LogP contribution in [0, 0.1) is 0 Å². The molecule has 1 heterocycles. The van der Waals surface area contributed by atoms with Gasteiger partial charge < -0.3 is 20.4 Å². The Kier molecular flexibility index (Phi) is 5.17. The number of nitrogens with one attached hydrogen (secondary N) is 3. The average molecular weight is 352 g/mol. The van der Waals surface area contributed by atoms with Crippen molar-refractivity contribution in [2.45, 2.75) is 13.3 Å². The first-order valence-corrected chi connectivity index (χ1v) is 8.23. The molecule has 0 spiro atoms. The van der Waals surface area contributed by atoms with Crippen molar-refractivity contribution in [3.05, 3.63) is 53.9 Å². The predicted molar refractivity (Wildman–Crippen MR) is 99.4 cm³/mol. The minimum absolute atomic E-state index is 0.177. The van der Waals surface area contributed by atoms with E-state index in [2.05, 4.69) is 20.6 Å². The number of rotatable bonds is 6. The number of imidazole rings is 1. The zero-order chi connectivity index (χ0) is 18.5. The van der Waals surface area contributed by atoms with Crippen LogP contribution in [0.2, 0.25) is 0 Å².